The molecule has 1 atom stereocenters. The highest BCUT2D eigenvalue weighted by Crippen LogP contribution is 2.43. The van der Waals surface area contributed by atoms with Crippen molar-refractivity contribution in [2.24, 2.45) is 5.41 Å². The van der Waals surface area contributed by atoms with Crippen LogP contribution in [0.25, 0.3) is 0 Å². The summed E-state index contributed by atoms with van der Waals surface area (Å²) < 4.78 is 0. The van der Waals surface area contributed by atoms with Crippen LogP contribution in [0.15, 0.2) is 0 Å². The Bertz CT molecular complexity index is 307. The lowest BCUT2D eigenvalue weighted by molar-refractivity contribution is -0.142. The normalized spacial score (nSPS) is 26.2. The molecule has 0 spiro atoms. The van der Waals surface area contributed by atoms with Crippen LogP contribution in [-0.4, -0.2) is 36.1 Å². The summed E-state index contributed by atoms with van der Waals surface area (Å²) >= 11 is 0. The van der Waals surface area contributed by atoms with Crippen LogP contribution >= 0.6 is 0 Å². The van der Waals surface area contributed by atoms with Gasteiger partial charge in [-0.1, -0.05) is 6.42 Å². The van der Waals surface area contributed by atoms with Crippen molar-refractivity contribution in [2.45, 2.75) is 44.6 Å². The molecule has 3 N–H and O–H groups in total. The van der Waals surface area contributed by atoms with Gasteiger partial charge in [0.15, 0.2) is 0 Å². The number of carbonyl (C=O) groups excluding carboxylic acids is 1. The maximum absolute atomic E-state index is 11.8. The average molecular weight is 240 g/mol. The van der Waals surface area contributed by atoms with Crippen molar-refractivity contribution in [1.82, 2.24) is 10.6 Å². The topological polar surface area (TPSA) is 78.4 Å². The molecule has 17 heavy (non-hydrogen) atoms. The molecule has 0 bridgehead atoms. The molecule has 2 fully saturated rings. The predicted octanol–water partition coefficient (Wildman–Crippen LogP) is 0.500. The molecule has 2 rings (SSSR count). The van der Waals surface area contributed by atoms with Crippen LogP contribution in [0.3, 0.4) is 0 Å². The molecule has 1 saturated carbocycles. The SMILES string of the molecule is O=C(O)CC1(CNC(=O)[C@H]2CCCN2)CCC1. The fourth-order valence-electron chi connectivity index (χ4n) is 2.72. The lowest BCUT2D eigenvalue weighted by Crippen LogP contribution is -2.48. The quantitative estimate of drug-likeness (QED) is 0.654. The van der Waals surface area contributed by atoms with Gasteiger partial charge < -0.3 is 15.7 Å². The number of amides is 1. The fraction of sp³-hybridized carbons (Fsp3) is 0.833. The minimum absolute atomic E-state index is 0.0270. The predicted molar refractivity (Wildman–Crippen MR) is 62.6 cm³/mol. The molecule has 5 heteroatoms. The van der Waals surface area contributed by atoms with Crippen LogP contribution < -0.4 is 10.6 Å². The minimum Gasteiger partial charge on any atom is -0.481 e. The molecule has 0 radical (unpaired) electrons. The first-order valence-electron chi connectivity index (χ1n) is 6.34. The first-order valence-corrected chi connectivity index (χ1v) is 6.34. The Hall–Kier alpha value is -1.10. The van der Waals surface area contributed by atoms with E-state index in [1.165, 1.54) is 0 Å². The summed E-state index contributed by atoms with van der Waals surface area (Å²) in [5.74, 6) is -0.739. The average Bonchev–Trinajstić information content (AvgIpc) is 2.74. The van der Waals surface area contributed by atoms with Crippen LogP contribution in [0.4, 0.5) is 0 Å². The zero-order valence-corrected chi connectivity index (χ0v) is 10.00. The third-order valence-corrected chi connectivity index (χ3v) is 3.95. The molecule has 2 aliphatic rings. The maximum Gasteiger partial charge on any atom is 0.303 e. The Labute approximate surface area is 101 Å². The van der Waals surface area contributed by atoms with Gasteiger partial charge in [-0.15, -0.1) is 0 Å². The van der Waals surface area contributed by atoms with Crippen molar-refractivity contribution in [2.75, 3.05) is 13.1 Å². The zero-order valence-electron chi connectivity index (χ0n) is 10.00. The van der Waals surface area contributed by atoms with Crippen LogP contribution in [0.1, 0.15) is 38.5 Å². The Balaban J connectivity index is 1.79. The van der Waals surface area contributed by atoms with E-state index in [0.717, 1.165) is 38.6 Å². The second kappa shape index (κ2) is 5.04. The van der Waals surface area contributed by atoms with Crippen molar-refractivity contribution in [3.05, 3.63) is 0 Å². The zero-order chi connectivity index (χ0) is 12.3. The van der Waals surface area contributed by atoms with Gasteiger partial charge in [0.25, 0.3) is 0 Å². The summed E-state index contributed by atoms with van der Waals surface area (Å²) in [7, 11) is 0. The van der Waals surface area contributed by atoms with Crippen molar-refractivity contribution in [3.63, 3.8) is 0 Å². The van der Waals surface area contributed by atoms with Crippen molar-refractivity contribution >= 4 is 11.9 Å². The summed E-state index contributed by atoms with van der Waals surface area (Å²) in [6, 6.07) is -0.0723. The van der Waals surface area contributed by atoms with Crippen LogP contribution in [-0.2, 0) is 9.59 Å². The molecule has 0 aromatic carbocycles. The monoisotopic (exact) mass is 240 g/mol. The third kappa shape index (κ3) is 2.97. The number of nitrogens with one attached hydrogen (secondary N) is 2. The summed E-state index contributed by atoms with van der Waals surface area (Å²) in [5, 5.41) is 14.9. The highest BCUT2D eigenvalue weighted by atomic mass is 16.4. The highest BCUT2D eigenvalue weighted by molar-refractivity contribution is 5.82. The van der Waals surface area contributed by atoms with Gasteiger partial charge in [0.1, 0.15) is 0 Å². The first kappa shape index (κ1) is 12.4. The van der Waals surface area contributed by atoms with E-state index in [9.17, 15) is 9.59 Å². The number of aliphatic carboxylic acids is 1. The number of carboxylic acids is 1. The minimum atomic E-state index is -0.766. The van der Waals surface area contributed by atoms with E-state index in [2.05, 4.69) is 10.6 Å². The number of hydrogen-bond donors (Lipinski definition) is 3. The standard InChI is InChI=1S/C12H20N2O3/c15-10(16)7-12(4-2-5-12)8-14-11(17)9-3-1-6-13-9/h9,13H,1-8H2,(H,14,17)(H,15,16)/t9-/m1/s1. The first-order chi connectivity index (χ1) is 8.11. The third-order valence-electron chi connectivity index (χ3n) is 3.95. The molecule has 0 aromatic heterocycles. The Kier molecular flexibility index (Phi) is 3.66. The van der Waals surface area contributed by atoms with Gasteiger partial charge in [0.05, 0.1) is 12.5 Å². The molecule has 0 aromatic rings. The second-order valence-electron chi connectivity index (χ2n) is 5.29. The molecule has 1 heterocycles. The Morgan fingerprint density at radius 3 is 2.59 bits per heavy atom. The van der Waals surface area contributed by atoms with Gasteiger partial charge >= 0.3 is 5.97 Å². The Morgan fingerprint density at radius 2 is 2.12 bits per heavy atom. The number of carbonyl (C=O) groups is 2. The molecule has 0 unspecified atom stereocenters. The number of carboxylic acid groups (broad SMARTS) is 1. The smallest absolute Gasteiger partial charge is 0.303 e. The number of rotatable bonds is 5. The number of hydrogen-bond acceptors (Lipinski definition) is 3. The van der Waals surface area contributed by atoms with Gasteiger partial charge in [-0.3, -0.25) is 9.59 Å². The van der Waals surface area contributed by atoms with Gasteiger partial charge in [-0.2, -0.15) is 0 Å². The maximum atomic E-state index is 11.8. The van der Waals surface area contributed by atoms with Crippen LogP contribution in [0, 0.1) is 5.41 Å². The van der Waals surface area contributed by atoms with Crippen LogP contribution in [0.5, 0.6) is 0 Å². The lowest BCUT2D eigenvalue weighted by atomic mass is 9.66. The van der Waals surface area contributed by atoms with E-state index >= 15 is 0 Å². The summed E-state index contributed by atoms with van der Waals surface area (Å²) in [5.41, 5.74) is -0.180. The van der Waals surface area contributed by atoms with Crippen LogP contribution in [0.2, 0.25) is 0 Å². The summed E-state index contributed by atoms with van der Waals surface area (Å²) in [6.45, 7) is 1.41. The molecule has 1 saturated heterocycles. The van der Waals surface area contributed by atoms with E-state index in [-0.39, 0.29) is 23.8 Å². The molecule has 1 aliphatic carbocycles. The van der Waals surface area contributed by atoms with Crippen molar-refractivity contribution in [3.8, 4) is 0 Å². The molecular formula is C12H20N2O3. The van der Waals surface area contributed by atoms with E-state index in [1.807, 2.05) is 0 Å². The van der Waals surface area contributed by atoms with Crippen molar-refractivity contribution in [1.29, 1.82) is 0 Å². The van der Waals surface area contributed by atoms with E-state index in [4.69, 9.17) is 5.11 Å². The van der Waals surface area contributed by atoms with Gasteiger partial charge in [0.2, 0.25) is 5.91 Å². The fourth-order valence-corrected chi connectivity index (χ4v) is 2.72. The molecular weight excluding hydrogens is 220 g/mol. The van der Waals surface area contributed by atoms with Gasteiger partial charge in [0, 0.05) is 6.54 Å². The van der Waals surface area contributed by atoms with Gasteiger partial charge in [-0.25, -0.2) is 0 Å². The molecule has 1 aliphatic heterocycles. The molecule has 5 nitrogen and oxygen atoms in total. The summed E-state index contributed by atoms with van der Waals surface area (Å²) in [6.07, 6.45) is 5.00. The van der Waals surface area contributed by atoms with Gasteiger partial charge in [-0.05, 0) is 37.6 Å². The highest BCUT2D eigenvalue weighted by Gasteiger charge is 2.39. The Morgan fingerprint density at radius 1 is 1.35 bits per heavy atom. The van der Waals surface area contributed by atoms with E-state index in [1.54, 1.807) is 0 Å². The lowest BCUT2D eigenvalue weighted by Gasteiger charge is -2.41. The molecule has 1 amide bonds. The van der Waals surface area contributed by atoms with E-state index in [0.29, 0.717) is 6.54 Å². The largest absolute Gasteiger partial charge is 0.481 e. The second-order valence-corrected chi connectivity index (χ2v) is 5.29. The van der Waals surface area contributed by atoms with Crippen molar-refractivity contribution < 1.29 is 14.7 Å². The summed E-state index contributed by atoms with van der Waals surface area (Å²) in [4.78, 5) is 22.6. The van der Waals surface area contributed by atoms with E-state index < -0.39 is 5.97 Å². The molecule has 96 valence electrons.